The third-order valence-corrected chi connectivity index (χ3v) is 4.58. The van der Waals surface area contributed by atoms with Gasteiger partial charge in [-0.05, 0) is 24.7 Å². The summed E-state index contributed by atoms with van der Waals surface area (Å²) in [5.74, 6) is 5.92. The van der Waals surface area contributed by atoms with Crippen LogP contribution in [0.4, 0.5) is 5.13 Å². The van der Waals surface area contributed by atoms with Crippen LogP contribution in [-0.2, 0) is 0 Å². The van der Waals surface area contributed by atoms with Crippen LogP contribution in [0, 0.1) is 5.92 Å². The van der Waals surface area contributed by atoms with Crippen molar-refractivity contribution in [3.8, 4) is 0 Å². The lowest BCUT2D eigenvalue weighted by Gasteiger charge is -2.30. The summed E-state index contributed by atoms with van der Waals surface area (Å²) in [5, 5.41) is 0.953. The molecule has 0 spiro atoms. The van der Waals surface area contributed by atoms with Gasteiger partial charge in [0.1, 0.15) is 4.88 Å². The summed E-state index contributed by atoms with van der Waals surface area (Å²) in [5.41, 5.74) is 3.06. The molecular weight excluding hydrogens is 260 g/mol. The van der Waals surface area contributed by atoms with Crippen molar-refractivity contribution in [2.24, 2.45) is 11.8 Å². The smallest absolute Gasteiger partial charge is 0.277 e. The maximum Gasteiger partial charge on any atom is 0.277 e. The number of nitrogen functional groups attached to an aromatic ring is 1. The minimum atomic E-state index is -0.238. The first-order valence-electron chi connectivity index (χ1n) is 6.79. The highest BCUT2D eigenvalue weighted by atomic mass is 32.1. The first kappa shape index (κ1) is 14.3. The molecule has 2 rings (SSSR count). The summed E-state index contributed by atoms with van der Waals surface area (Å²) in [7, 11) is 0. The van der Waals surface area contributed by atoms with Crippen LogP contribution in [0.2, 0.25) is 0 Å². The van der Waals surface area contributed by atoms with Gasteiger partial charge in [-0.2, -0.15) is 0 Å². The minimum Gasteiger partial charge on any atom is -0.348 e. The summed E-state index contributed by atoms with van der Waals surface area (Å²) in [6.07, 6.45) is 2.46. The Kier molecular flexibility index (Phi) is 4.42. The fraction of sp³-hybridized carbons (Fsp3) is 0.692. The van der Waals surface area contributed by atoms with Gasteiger partial charge in [-0.3, -0.25) is 10.2 Å². The third-order valence-electron chi connectivity index (χ3n) is 3.45. The van der Waals surface area contributed by atoms with Gasteiger partial charge in [0.25, 0.3) is 5.91 Å². The minimum absolute atomic E-state index is 0.222. The number of amides is 1. The molecule has 1 aromatic rings. The predicted octanol–water partition coefficient (Wildman–Crippen LogP) is 2.11. The van der Waals surface area contributed by atoms with E-state index in [-0.39, 0.29) is 11.8 Å². The average Bonchev–Trinajstić information content (AvgIpc) is 2.83. The Hall–Kier alpha value is -1.14. The number of nitrogens with two attached hydrogens (primary N) is 1. The first-order chi connectivity index (χ1) is 9.02. The lowest BCUT2D eigenvalue weighted by Crippen LogP contribution is -2.34. The van der Waals surface area contributed by atoms with Crippen molar-refractivity contribution in [3.05, 3.63) is 10.6 Å². The largest absolute Gasteiger partial charge is 0.348 e. The van der Waals surface area contributed by atoms with Gasteiger partial charge in [0, 0.05) is 13.1 Å². The van der Waals surface area contributed by atoms with E-state index in [1.807, 2.05) is 13.8 Å². The van der Waals surface area contributed by atoms with Crippen LogP contribution in [0.15, 0.2) is 0 Å². The van der Waals surface area contributed by atoms with E-state index in [0.29, 0.717) is 10.8 Å². The van der Waals surface area contributed by atoms with E-state index < -0.39 is 0 Å². The highest BCUT2D eigenvalue weighted by molar-refractivity contribution is 7.17. The molecule has 0 aliphatic carbocycles. The SMILES string of the molecule is CC1CCCN(c2nc(C(C)C)c(C(=O)NN)s2)C1. The number of piperidine rings is 1. The summed E-state index contributed by atoms with van der Waals surface area (Å²) in [6, 6.07) is 0. The zero-order valence-corrected chi connectivity index (χ0v) is 12.6. The van der Waals surface area contributed by atoms with Gasteiger partial charge in [-0.15, -0.1) is 0 Å². The molecule has 1 fully saturated rings. The van der Waals surface area contributed by atoms with Gasteiger partial charge in [0.2, 0.25) is 0 Å². The van der Waals surface area contributed by atoms with E-state index in [1.165, 1.54) is 24.2 Å². The Morgan fingerprint density at radius 3 is 2.89 bits per heavy atom. The number of nitrogens with one attached hydrogen (secondary N) is 1. The van der Waals surface area contributed by atoms with Gasteiger partial charge < -0.3 is 4.90 Å². The maximum absolute atomic E-state index is 11.8. The molecule has 0 saturated carbocycles. The van der Waals surface area contributed by atoms with Crippen LogP contribution in [0.1, 0.15) is 54.9 Å². The van der Waals surface area contributed by atoms with Crippen LogP contribution in [0.5, 0.6) is 0 Å². The molecule has 1 atom stereocenters. The molecule has 1 aliphatic rings. The van der Waals surface area contributed by atoms with Crippen molar-refractivity contribution in [1.29, 1.82) is 0 Å². The Bertz CT molecular complexity index is 457. The van der Waals surface area contributed by atoms with Crippen LogP contribution in [0.3, 0.4) is 0 Å². The standard InChI is InChI=1S/C13H22N4OS/c1-8(2)10-11(12(18)16-14)19-13(15-10)17-6-4-5-9(3)7-17/h8-9H,4-7,14H2,1-3H3,(H,16,18). The van der Waals surface area contributed by atoms with Gasteiger partial charge >= 0.3 is 0 Å². The third kappa shape index (κ3) is 3.06. The topological polar surface area (TPSA) is 71.2 Å². The number of hydrogen-bond donors (Lipinski definition) is 2. The van der Waals surface area contributed by atoms with E-state index in [0.717, 1.165) is 23.9 Å². The quantitative estimate of drug-likeness (QED) is 0.506. The fourth-order valence-electron chi connectivity index (χ4n) is 2.44. The normalized spacial score (nSPS) is 19.8. The van der Waals surface area contributed by atoms with Crippen LogP contribution >= 0.6 is 11.3 Å². The molecule has 1 amide bonds. The molecule has 0 radical (unpaired) electrons. The van der Waals surface area contributed by atoms with Crippen LogP contribution in [0.25, 0.3) is 0 Å². The molecule has 6 heteroatoms. The van der Waals surface area contributed by atoms with Crippen molar-refractivity contribution < 1.29 is 4.79 Å². The number of hydrazine groups is 1. The van der Waals surface area contributed by atoms with E-state index >= 15 is 0 Å². The van der Waals surface area contributed by atoms with E-state index in [2.05, 4.69) is 22.2 Å². The monoisotopic (exact) mass is 282 g/mol. The van der Waals surface area contributed by atoms with Crippen LogP contribution in [-0.4, -0.2) is 24.0 Å². The highest BCUT2D eigenvalue weighted by Gasteiger charge is 2.24. The average molecular weight is 282 g/mol. The Labute approximate surface area is 118 Å². The highest BCUT2D eigenvalue weighted by Crippen LogP contribution is 2.32. The number of hydrogen-bond acceptors (Lipinski definition) is 5. The number of rotatable bonds is 3. The molecule has 1 unspecified atom stereocenters. The van der Waals surface area contributed by atoms with Crippen molar-refractivity contribution in [2.75, 3.05) is 18.0 Å². The second-order valence-corrected chi connectivity index (χ2v) is 6.51. The van der Waals surface area contributed by atoms with Gasteiger partial charge in [-0.25, -0.2) is 10.8 Å². The van der Waals surface area contributed by atoms with Gasteiger partial charge in [-0.1, -0.05) is 32.1 Å². The Morgan fingerprint density at radius 1 is 1.58 bits per heavy atom. The second-order valence-electron chi connectivity index (χ2n) is 5.53. The van der Waals surface area contributed by atoms with Crippen molar-refractivity contribution in [1.82, 2.24) is 10.4 Å². The molecule has 19 heavy (non-hydrogen) atoms. The van der Waals surface area contributed by atoms with Gasteiger partial charge in [0.05, 0.1) is 5.69 Å². The molecule has 1 aromatic heterocycles. The van der Waals surface area contributed by atoms with Gasteiger partial charge in [0.15, 0.2) is 5.13 Å². The fourth-order valence-corrected chi connectivity index (χ4v) is 3.60. The molecule has 1 saturated heterocycles. The number of carbonyl (C=O) groups is 1. The number of thiazole rings is 1. The molecule has 1 aliphatic heterocycles. The molecule has 3 N–H and O–H groups in total. The zero-order valence-electron chi connectivity index (χ0n) is 11.8. The number of carbonyl (C=O) groups excluding carboxylic acids is 1. The van der Waals surface area contributed by atoms with E-state index in [1.54, 1.807) is 0 Å². The molecule has 2 heterocycles. The van der Waals surface area contributed by atoms with Crippen molar-refractivity contribution in [2.45, 2.75) is 39.5 Å². The lowest BCUT2D eigenvalue weighted by atomic mass is 10.0. The van der Waals surface area contributed by atoms with Crippen molar-refractivity contribution >= 4 is 22.4 Å². The number of nitrogens with zero attached hydrogens (tertiary/aromatic N) is 2. The first-order valence-corrected chi connectivity index (χ1v) is 7.61. The Balaban J connectivity index is 2.29. The summed E-state index contributed by atoms with van der Waals surface area (Å²) in [4.78, 5) is 19.4. The summed E-state index contributed by atoms with van der Waals surface area (Å²) in [6.45, 7) is 8.40. The van der Waals surface area contributed by atoms with Crippen LogP contribution < -0.4 is 16.2 Å². The molecule has 106 valence electrons. The maximum atomic E-state index is 11.8. The molecular formula is C13H22N4OS. The second kappa shape index (κ2) is 5.88. The van der Waals surface area contributed by atoms with Crippen molar-refractivity contribution in [3.63, 3.8) is 0 Å². The molecule has 0 aromatic carbocycles. The molecule has 0 bridgehead atoms. The predicted molar refractivity (Wildman–Crippen MR) is 78.5 cm³/mol. The summed E-state index contributed by atoms with van der Waals surface area (Å²) >= 11 is 1.45. The van der Waals surface area contributed by atoms with E-state index in [4.69, 9.17) is 5.84 Å². The Morgan fingerprint density at radius 2 is 2.32 bits per heavy atom. The lowest BCUT2D eigenvalue weighted by molar-refractivity contribution is 0.0956. The summed E-state index contributed by atoms with van der Waals surface area (Å²) < 4.78 is 0. The molecule has 5 nitrogen and oxygen atoms in total. The number of aromatic nitrogens is 1. The zero-order chi connectivity index (χ0) is 14.0. The number of anilines is 1. The van der Waals surface area contributed by atoms with E-state index in [9.17, 15) is 4.79 Å².